The van der Waals surface area contributed by atoms with Gasteiger partial charge < -0.3 is 14.5 Å². The molecule has 1 heterocycles. The van der Waals surface area contributed by atoms with Crippen molar-refractivity contribution in [2.45, 2.75) is 4.90 Å². The predicted molar refractivity (Wildman–Crippen MR) is 102 cm³/mol. The van der Waals surface area contributed by atoms with E-state index < -0.39 is 15.9 Å². The number of para-hydroxylation sites is 1. The van der Waals surface area contributed by atoms with Gasteiger partial charge in [0, 0.05) is 5.69 Å². The molecule has 0 saturated heterocycles. The molecule has 0 saturated carbocycles. The summed E-state index contributed by atoms with van der Waals surface area (Å²) in [5, 5.41) is 2.83. The van der Waals surface area contributed by atoms with Crippen molar-refractivity contribution in [1.29, 1.82) is 0 Å². The number of nitrogens with one attached hydrogen (secondary N) is 2. The highest BCUT2D eigenvalue weighted by Gasteiger charge is 2.22. The minimum absolute atomic E-state index is 0.101. The summed E-state index contributed by atoms with van der Waals surface area (Å²) in [4.78, 5) is 12.0. The number of methoxy groups -OCH3 is 1. The van der Waals surface area contributed by atoms with Crippen LogP contribution in [0.3, 0.4) is 0 Å². The van der Waals surface area contributed by atoms with Gasteiger partial charge in [-0.3, -0.25) is 9.52 Å². The Hall–Kier alpha value is -2.97. The molecule has 2 N–H and O–H groups in total. The highest BCUT2D eigenvalue weighted by atomic mass is 35.5. The number of furan rings is 1. The molecule has 0 spiro atoms. The van der Waals surface area contributed by atoms with Crippen LogP contribution in [0.5, 0.6) is 5.75 Å². The van der Waals surface area contributed by atoms with Gasteiger partial charge in [-0.25, -0.2) is 8.42 Å². The van der Waals surface area contributed by atoms with Crippen LogP contribution in [0.15, 0.2) is 70.2 Å². The molecule has 7 nitrogen and oxygen atoms in total. The summed E-state index contributed by atoms with van der Waals surface area (Å²) < 4.78 is 38.2. The van der Waals surface area contributed by atoms with Crippen LogP contribution >= 0.6 is 11.6 Å². The van der Waals surface area contributed by atoms with E-state index in [0.717, 1.165) is 0 Å². The number of carbonyl (C=O) groups excluding carboxylic acids is 1. The molecule has 0 atom stereocenters. The largest absolute Gasteiger partial charge is 0.495 e. The molecule has 2 aromatic carbocycles. The van der Waals surface area contributed by atoms with E-state index in [9.17, 15) is 13.2 Å². The third-order valence-corrected chi connectivity index (χ3v) is 5.29. The van der Waals surface area contributed by atoms with Crippen LogP contribution in [0.1, 0.15) is 10.6 Å². The Labute approximate surface area is 161 Å². The van der Waals surface area contributed by atoms with Crippen molar-refractivity contribution in [2.75, 3.05) is 17.1 Å². The monoisotopic (exact) mass is 406 g/mol. The summed E-state index contributed by atoms with van der Waals surface area (Å²) in [6.07, 6.45) is 1.37. The van der Waals surface area contributed by atoms with Crippen LogP contribution in [0.2, 0.25) is 5.02 Å². The molecule has 3 rings (SSSR count). The molecule has 0 radical (unpaired) electrons. The van der Waals surface area contributed by atoms with Gasteiger partial charge in [-0.2, -0.15) is 0 Å². The minimum atomic E-state index is -4.02. The first-order valence-electron chi connectivity index (χ1n) is 7.71. The number of anilines is 2. The number of rotatable bonds is 6. The van der Waals surface area contributed by atoms with Crippen molar-refractivity contribution in [3.05, 3.63) is 71.6 Å². The van der Waals surface area contributed by atoms with Gasteiger partial charge in [0.15, 0.2) is 5.76 Å². The fourth-order valence-corrected chi connectivity index (χ4v) is 3.82. The Morgan fingerprint density at radius 2 is 1.89 bits per heavy atom. The molecule has 1 amide bonds. The van der Waals surface area contributed by atoms with Crippen LogP contribution in [0.4, 0.5) is 11.4 Å². The number of halogens is 1. The fraction of sp³-hybridized carbons (Fsp3) is 0.0556. The van der Waals surface area contributed by atoms with Gasteiger partial charge >= 0.3 is 0 Å². The van der Waals surface area contributed by atoms with E-state index in [1.165, 1.54) is 43.7 Å². The number of carbonyl (C=O) groups is 1. The second-order valence-corrected chi connectivity index (χ2v) is 7.44. The smallest absolute Gasteiger partial charge is 0.291 e. The van der Waals surface area contributed by atoms with Crippen LogP contribution < -0.4 is 14.8 Å². The molecule has 3 aromatic rings. The average Bonchev–Trinajstić information content (AvgIpc) is 3.18. The lowest BCUT2D eigenvalue weighted by Gasteiger charge is -2.14. The Morgan fingerprint density at radius 1 is 1.11 bits per heavy atom. The van der Waals surface area contributed by atoms with E-state index in [0.29, 0.717) is 0 Å². The predicted octanol–water partition coefficient (Wildman–Crippen LogP) is 3.99. The Bertz CT molecular complexity index is 1070. The van der Waals surface area contributed by atoms with Crippen molar-refractivity contribution in [1.82, 2.24) is 0 Å². The summed E-state index contributed by atoms with van der Waals surface area (Å²) in [6, 6.07) is 13.8. The van der Waals surface area contributed by atoms with Crippen molar-refractivity contribution in [2.24, 2.45) is 0 Å². The van der Waals surface area contributed by atoms with Gasteiger partial charge in [-0.05, 0) is 42.5 Å². The van der Waals surface area contributed by atoms with E-state index in [4.69, 9.17) is 20.8 Å². The molecular formula is C18H15ClN2O5S. The molecule has 0 unspecified atom stereocenters. The first-order chi connectivity index (χ1) is 12.9. The standard InChI is InChI=1S/C18H15ClN2O5S/c1-25-15-9-8-12(20-18(22)16-7-4-10-26-16)11-17(15)27(23,24)21-14-6-3-2-5-13(14)19/h2-11,21H,1H3,(H,20,22). The molecule has 0 aliphatic carbocycles. The zero-order valence-corrected chi connectivity index (χ0v) is 15.7. The molecule has 27 heavy (non-hydrogen) atoms. The van der Waals surface area contributed by atoms with Gasteiger partial charge in [-0.1, -0.05) is 23.7 Å². The highest BCUT2D eigenvalue weighted by molar-refractivity contribution is 7.92. The second-order valence-electron chi connectivity index (χ2n) is 5.38. The highest BCUT2D eigenvalue weighted by Crippen LogP contribution is 2.31. The molecule has 1 aromatic heterocycles. The topological polar surface area (TPSA) is 97.6 Å². The lowest BCUT2D eigenvalue weighted by atomic mass is 10.3. The van der Waals surface area contributed by atoms with Crippen LogP contribution in [0, 0.1) is 0 Å². The lowest BCUT2D eigenvalue weighted by Crippen LogP contribution is -2.16. The minimum Gasteiger partial charge on any atom is -0.495 e. The average molecular weight is 407 g/mol. The first-order valence-corrected chi connectivity index (χ1v) is 9.57. The summed E-state index contributed by atoms with van der Waals surface area (Å²) in [6.45, 7) is 0. The third-order valence-electron chi connectivity index (χ3n) is 3.57. The number of ether oxygens (including phenoxy) is 1. The van der Waals surface area contributed by atoms with Gasteiger partial charge in [0.2, 0.25) is 0 Å². The van der Waals surface area contributed by atoms with Crippen LogP contribution in [-0.2, 0) is 10.0 Å². The number of benzene rings is 2. The molecule has 140 valence electrons. The fourth-order valence-electron chi connectivity index (χ4n) is 2.31. The lowest BCUT2D eigenvalue weighted by molar-refractivity contribution is 0.0996. The summed E-state index contributed by atoms with van der Waals surface area (Å²) in [7, 11) is -2.67. The maximum Gasteiger partial charge on any atom is 0.291 e. The third kappa shape index (κ3) is 4.24. The van der Waals surface area contributed by atoms with Crippen molar-refractivity contribution < 1.29 is 22.4 Å². The van der Waals surface area contributed by atoms with E-state index in [1.54, 1.807) is 24.3 Å². The Balaban J connectivity index is 1.93. The van der Waals surface area contributed by atoms with Gasteiger partial charge in [0.1, 0.15) is 10.6 Å². The number of hydrogen-bond acceptors (Lipinski definition) is 5. The van der Waals surface area contributed by atoms with Crippen molar-refractivity contribution >= 4 is 38.9 Å². The van der Waals surface area contributed by atoms with Crippen LogP contribution in [-0.4, -0.2) is 21.4 Å². The summed E-state index contributed by atoms with van der Waals surface area (Å²) >= 11 is 6.02. The maximum atomic E-state index is 12.8. The van der Waals surface area contributed by atoms with E-state index >= 15 is 0 Å². The van der Waals surface area contributed by atoms with Gasteiger partial charge in [0.05, 0.1) is 24.1 Å². The number of sulfonamides is 1. The Kier molecular flexibility index (Phi) is 5.38. The maximum absolute atomic E-state index is 12.8. The Morgan fingerprint density at radius 3 is 2.56 bits per heavy atom. The molecule has 0 aliphatic rings. The SMILES string of the molecule is COc1ccc(NC(=O)c2ccco2)cc1S(=O)(=O)Nc1ccccc1Cl. The summed E-state index contributed by atoms with van der Waals surface area (Å²) in [5.41, 5.74) is 0.489. The molecule has 9 heteroatoms. The summed E-state index contributed by atoms with van der Waals surface area (Å²) in [5.74, 6) is -0.289. The van der Waals surface area contributed by atoms with Crippen molar-refractivity contribution in [3.63, 3.8) is 0 Å². The molecule has 0 fully saturated rings. The van der Waals surface area contributed by atoms with Gasteiger partial charge in [-0.15, -0.1) is 0 Å². The van der Waals surface area contributed by atoms with Crippen LogP contribution in [0.25, 0.3) is 0 Å². The first kappa shape index (κ1) is 18.8. The zero-order valence-electron chi connectivity index (χ0n) is 14.1. The zero-order chi connectivity index (χ0) is 19.4. The number of amides is 1. The molecule has 0 aliphatic heterocycles. The van der Waals surface area contributed by atoms with E-state index in [1.807, 2.05) is 0 Å². The van der Waals surface area contributed by atoms with Crippen molar-refractivity contribution in [3.8, 4) is 5.75 Å². The molecular weight excluding hydrogens is 392 g/mol. The number of hydrogen-bond donors (Lipinski definition) is 2. The second kappa shape index (κ2) is 7.73. The quantitative estimate of drug-likeness (QED) is 0.644. The normalized spacial score (nSPS) is 11.0. The van der Waals surface area contributed by atoms with E-state index in [2.05, 4.69) is 10.0 Å². The van der Waals surface area contributed by atoms with Gasteiger partial charge in [0.25, 0.3) is 15.9 Å². The van der Waals surface area contributed by atoms with E-state index in [-0.39, 0.29) is 32.8 Å². The molecule has 0 bridgehead atoms.